The van der Waals surface area contributed by atoms with Gasteiger partial charge in [0, 0.05) is 19.0 Å². The summed E-state index contributed by atoms with van der Waals surface area (Å²) in [5.41, 5.74) is 0.117. The summed E-state index contributed by atoms with van der Waals surface area (Å²) < 4.78 is 66.4. The molecule has 0 aromatic heterocycles. The van der Waals surface area contributed by atoms with Crippen LogP contribution in [0.3, 0.4) is 0 Å². The summed E-state index contributed by atoms with van der Waals surface area (Å²) in [5.74, 6) is -1.16. The normalized spacial score (nSPS) is 13.2. The van der Waals surface area contributed by atoms with Gasteiger partial charge in [0.05, 0.1) is 17.5 Å². The van der Waals surface area contributed by atoms with Crippen molar-refractivity contribution in [2.24, 2.45) is 0 Å². The van der Waals surface area contributed by atoms with E-state index in [1.165, 1.54) is 11.0 Å². The van der Waals surface area contributed by atoms with Gasteiger partial charge in [0.25, 0.3) is 0 Å². The number of nitrogens with zero attached hydrogens (tertiary/aromatic N) is 2. The third-order valence-electron chi connectivity index (χ3n) is 6.61. The van der Waals surface area contributed by atoms with Crippen LogP contribution in [0.4, 0.5) is 18.9 Å². The Kier molecular flexibility index (Phi) is 10.6. The lowest BCUT2D eigenvalue weighted by Crippen LogP contribution is -2.54. The third-order valence-corrected chi connectivity index (χ3v) is 7.75. The highest BCUT2D eigenvalue weighted by Crippen LogP contribution is 2.32. The van der Waals surface area contributed by atoms with Gasteiger partial charge in [0.15, 0.2) is 0 Å². The molecule has 220 valence electrons. The van der Waals surface area contributed by atoms with Crippen molar-refractivity contribution >= 4 is 27.5 Å². The first-order valence-electron chi connectivity index (χ1n) is 13.1. The Morgan fingerprint density at radius 3 is 2.02 bits per heavy atom. The number of hydrogen-bond donors (Lipinski definition) is 1. The summed E-state index contributed by atoms with van der Waals surface area (Å²) >= 11 is 0. The smallest absolute Gasteiger partial charge is 0.352 e. The molecule has 0 aliphatic rings. The lowest BCUT2D eigenvalue weighted by atomic mass is 10.0. The molecule has 2 atom stereocenters. The maximum Gasteiger partial charge on any atom is 0.416 e. The Hall–Kier alpha value is -3.86. The topological polar surface area (TPSA) is 86.8 Å². The molecular weight excluding hydrogens is 555 g/mol. The summed E-state index contributed by atoms with van der Waals surface area (Å²) in [6.07, 6.45) is -3.10. The fourth-order valence-electron chi connectivity index (χ4n) is 4.23. The van der Waals surface area contributed by atoms with Crippen molar-refractivity contribution in [3.63, 3.8) is 0 Å². The van der Waals surface area contributed by atoms with Gasteiger partial charge < -0.3 is 10.2 Å². The van der Waals surface area contributed by atoms with Crippen LogP contribution in [0.1, 0.15) is 37.0 Å². The zero-order valence-corrected chi connectivity index (χ0v) is 24.0. The van der Waals surface area contributed by atoms with Crippen LogP contribution in [0.5, 0.6) is 0 Å². The largest absolute Gasteiger partial charge is 0.416 e. The summed E-state index contributed by atoms with van der Waals surface area (Å²) in [4.78, 5) is 28.9. The molecular formula is C30H34F3N3O4S. The molecule has 0 aliphatic heterocycles. The van der Waals surface area contributed by atoms with Crippen LogP contribution in [0.15, 0.2) is 84.9 Å². The van der Waals surface area contributed by atoms with Crippen LogP contribution in [-0.2, 0) is 38.8 Å². The molecule has 0 aliphatic carbocycles. The van der Waals surface area contributed by atoms with E-state index in [2.05, 4.69) is 5.32 Å². The Labute approximate surface area is 239 Å². The van der Waals surface area contributed by atoms with E-state index in [1.54, 1.807) is 42.5 Å². The molecule has 0 spiro atoms. The number of sulfonamides is 1. The van der Waals surface area contributed by atoms with E-state index < -0.39 is 46.2 Å². The van der Waals surface area contributed by atoms with Gasteiger partial charge in [-0.3, -0.25) is 13.9 Å². The molecule has 0 saturated heterocycles. The zero-order valence-electron chi connectivity index (χ0n) is 23.1. The van der Waals surface area contributed by atoms with Gasteiger partial charge in [-0.25, -0.2) is 8.42 Å². The molecule has 0 fully saturated rings. The number of carbonyl (C=O) groups is 2. The van der Waals surface area contributed by atoms with Crippen molar-refractivity contribution < 1.29 is 31.2 Å². The van der Waals surface area contributed by atoms with Crippen molar-refractivity contribution in [2.75, 3.05) is 17.1 Å². The molecule has 7 nitrogen and oxygen atoms in total. The predicted octanol–water partition coefficient (Wildman–Crippen LogP) is 5.03. The first kappa shape index (κ1) is 31.7. The minimum Gasteiger partial charge on any atom is -0.352 e. The number of carbonyl (C=O) groups excluding carboxylic acids is 2. The first-order chi connectivity index (χ1) is 19.3. The summed E-state index contributed by atoms with van der Waals surface area (Å²) in [7, 11) is -4.19. The highest BCUT2D eigenvalue weighted by atomic mass is 32.2. The Morgan fingerprint density at radius 2 is 1.49 bits per heavy atom. The van der Waals surface area contributed by atoms with E-state index in [-0.39, 0.29) is 24.7 Å². The first-order valence-corrected chi connectivity index (χ1v) is 15.0. The van der Waals surface area contributed by atoms with Gasteiger partial charge in [0.1, 0.15) is 12.6 Å². The number of rotatable bonds is 12. The van der Waals surface area contributed by atoms with Crippen LogP contribution in [0.25, 0.3) is 0 Å². The molecule has 41 heavy (non-hydrogen) atoms. The number of hydrogen-bond acceptors (Lipinski definition) is 4. The molecule has 0 radical (unpaired) electrons. The zero-order chi connectivity index (χ0) is 30.2. The highest BCUT2D eigenvalue weighted by Gasteiger charge is 2.35. The lowest BCUT2D eigenvalue weighted by Gasteiger charge is -2.34. The van der Waals surface area contributed by atoms with Crippen LogP contribution >= 0.6 is 0 Å². The lowest BCUT2D eigenvalue weighted by molar-refractivity contribution is -0.140. The monoisotopic (exact) mass is 589 g/mol. The number of amides is 2. The van der Waals surface area contributed by atoms with E-state index in [4.69, 9.17) is 0 Å². The van der Waals surface area contributed by atoms with E-state index in [0.717, 1.165) is 24.0 Å². The van der Waals surface area contributed by atoms with E-state index >= 15 is 0 Å². The second kappa shape index (κ2) is 13.7. The molecule has 3 rings (SSSR count). The number of benzene rings is 3. The Bertz CT molecular complexity index is 1420. The predicted molar refractivity (Wildman–Crippen MR) is 152 cm³/mol. The number of alkyl halides is 3. The maximum atomic E-state index is 14.0. The standard InChI is InChI=1S/C30H34F3N3O4S/c1-4-22(2)34-29(38)27(18-23-12-7-5-8-13-23)35(20-24-14-9-6-10-15-24)28(37)21-36(41(3,39)40)26-17-11-16-25(19-26)30(31,32)33/h5-17,19,22,27H,4,18,20-21H2,1-3H3,(H,34,38)/t22-,27+/m1/s1. The van der Waals surface area contributed by atoms with E-state index in [9.17, 15) is 31.2 Å². The van der Waals surface area contributed by atoms with Gasteiger partial charge in [-0.05, 0) is 42.7 Å². The fourth-order valence-corrected chi connectivity index (χ4v) is 5.07. The molecule has 0 unspecified atom stereocenters. The average molecular weight is 590 g/mol. The molecule has 3 aromatic carbocycles. The quantitative estimate of drug-likeness (QED) is 0.321. The second-order valence-electron chi connectivity index (χ2n) is 9.85. The van der Waals surface area contributed by atoms with Gasteiger partial charge in [-0.15, -0.1) is 0 Å². The van der Waals surface area contributed by atoms with Gasteiger partial charge in [-0.1, -0.05) is 73.7 Å². The molecule has 1 N–H and O–H groups in total. The van der Waals surface area contributed by atoms with Crippen LogP contribution in [-0.4, -0.2) is 50.0 Å². The number of nitrogens with one attached hydrogen (secondary N) is 1. The summed E-state index contributed by atoms with van der Waals surface area (Å²) in [6.45, 7) is 2.92. The van der Waals surface area contributed by atoms with Crippen molar-refractivity contribution in [2.45, 2.75) is 51.5 Å². The number of halogens is 3. The molecule has 3 aromatic rings. The average Bonchev–Trinajstić information content (AvgIpc) is 2.93. The molecule has 11 heteroatoms. The Morgan fingerprint density at radius 1 is 0.902 bits per heavy atom. The van der Waals surface area contributed by atoms with Crippen molar-refractivity contribution in [1.82, 2.24) is 10.2 Å². The van der Waals surface area contributed by atoms with E-state index in [0.29, 0.717) is 22.4 Å². The molecule has 0 heterocycles. The third kappa shape index (κ3) is 9.07. The molecule has 0 bridgehead atoms. The summed E-state index contributed by atoms with van der Waals surface area (Å²) in [5, 5.41) is 2.92. The minimum atomic E-state index is -4.71. The van der Waals surface area contributed by atoms with Crippen molar-refractivity contribution in [3.05, 3.63) is 102 Å². The summed E-state index contributed by atoms with van der Waals surface area (Å²) in [6, 6.07) is 20.5. The van der Waals surface area contributed by atoms with E-state index in [1.807, 2.05) is 32.0 Å². The van der Waals surface area contributed by atoms with Crippen molar-refractivity contribution in [1.29, 1.82) is 0 Å². The van der Waals surface area contributed by atoms with Crippen LogP contribution < -0.4 is 9.62 Å². The highest BCUT2D eigenvalue weighted by molar-refractivity contribution is 7.92. The molecule has 2 amide bonds. The van der Waals surface area contributed by atoms with Crippen molar-refractivity contribution in [3.8, 4) is 0 Å². The Balaban J connectivity index is 2.06. The molecule has 0 saturated carbocycles. The van der Waals surface area contributed by atoms with Gasteiger partial charge >= 0.3 is 6.18 Å². The van der Waals surface area contributed by atoms with Gasteiger partial charge in [0.2, 0.25) is 21.8 Å². The van der Waals surface area contributed by atoms with Gasteiger partial charge in [-0.2, -0.15) is 13.2 Å². The number of anilines is 1. The second-order valence-corrected chi connectivity index (χ2v) is 11.8. The fraction of sp³-hybridized carbons (Fsp3) is 0.333. The van der Waals surface area contributed by atoms with Crippen LogP contribution in [0.2, 0.25) is 0 Å². The SMILES string of the molecule is CC[C@@H](C)NC(=O)[C@H](Cc1ccccc1)N(Cc1ccccc1)C(=O)CN(c1cccc(C(F)(F)F)c1)S(C)(=O)=O. The maximum absolute atomic E-state index is 14.0. The van der Waals surface area contributed by atoms with Crippen LogP contribution in [0, 0.1) is 0 Å². The minimum absolute atomic E-state index is 0.0225.